The summed E-state index contributed by atoms with van der Waals surface area (Å²) >= 11 is 2.02. The molecule has 4 rings (SSSR count). The fourth-order valence-electron chi connectivity index (χ4n) is 5.61. The highest BCUT2D eigenvalue weighted by atomic mass is 32.2. The number of thioether (sulfide) groups is 1. The summed E-state index contributed by atoms with van der Waals surface area (Å²) in [5.74, 6) is 1.52. The minimum absolute atomic E-state index is 0.471. The second-order valence-electron chi connectivity index (χ2n) is 8.80. The molecule has 1 aromatic rings. The Labute approximate surface area is 162 Å². The number of tetrazole rings is 1. The van der Waals surface area contributed by atoms with Crippen molar-refractivity contribution in [1.82, 2.24) is 25.5 Å². The van der Waals surface area contributed by atoms with Crippen LogP contribution in [0.2, 0.25) is 0 Å². The fraction of sp³-hybridized carbons (Fsp3) is 0.950. The maximum absolute atomic E-state index is 4.83. The van der Waals surface area contributed by atoms with E-state index in [4.69, 9.17) is 5.10 Å². The van der Waals surface area contributed by atoms with Crippen molar-refractivity contribution < 1.29 is 0 Å². The van der Waals surface area contributed by atoms with Crippen LogP contribution in [-0.2, 0) is 6.54 Å². The van der Waals surface area contributed by atoms with Crippen molar-refractivity contribution >= 4 is 11.8 Å². The standard InChI is InChI=1S/C20H35N5S/c1-26-17-9-7-16(8-10-17)19-22-24-25(23-19)15-18-20(13-6-14-21-18)11-4-2-3-5-12-20/h16-18,21H,2-15H2,1H3. The van der Waals surface area contributed by atoms with E-state index >= 15 is 0 Å². The summed E-state index contributed by atoms with van der Waals surface area (Å²) in [5, 5.41) is 18.4. The van der Waals surface area contributed by atoms with Crippen LogP contribution in [0, 0.1) is 5.41 Å². The van der Waals surface area contributed by atoms with Crippen molar-refractivity contribution in [1.29, 1.82) is 0 Å². The summed E-state index contributed by atoms with van der Waals surface area (Å²) in [5.41, 5.74) is 0.471. The lowest BCUT2D eigenvalue weighted by molar-refractivity contribution is 0.0924. The van der Waals surface area contributed by atoms with E-state index in [1.165, 1.54) is 77.0 Å². The van der Waals surface area contributed by atoms with Gasteiger partial charge in [-0.25, -0.2) is 0 Å². The van der Waals surface area contributed by atoms with Gasteiger partial charge in [0.15, 0.2) is 5.82 Å². The molecule has 0 amide bonds. The molecule has 1 spiro atoms. The second kappa shape index (κ2) is 8.59. The predicted octanol–water partition coefficient (Wildman–Crippen LogP) is 4.15. The van der Waals surface area contributed by atoms with Gasteiger partial charge in [-0.15, -0.1) is 10.2 Å². The summed E-state index contributed by atoms with van der Waals surface area (Å²) in [6, 6.07) is 0.517. The van der Waals surface area contributed by atoms with Crippen LogP contribution in [0.4, 0.5) is 0 Å². The zero-order valence-electron chi connectivity index (χ0n) is 16.3. The van der Waals surface area contributed by atoms with E-state index in [1.807, 2.05) is 16.6 Å². The molecule has 1 saturated heterocycles. The first-order chi connectivity index (χ1) is 12.8. The van der Waals surface area contributed by atoms with Gasteiger partial charge < -0.3 is 5.32 Å². The van der Waals surface area contributed by atoms with Crippen LogP contribution in [-0.4, -0.2) is 44.3 Å². The molecule has 146 valence electrons. The summed E-state index contributed by atoms with van der Waals surface area (Å²) in [7, 11) is 0. The molecule has 26 heavy (non-hydrogen) atoms. The van der Waals surface area contributed by atoms with Gasteiger partial charge in [-0.1, -0.05) is 25.7 Å². The summed E-state index contributed by atoms with van der Waals surface area (Å²) in [4.78, 5) is 1.91. The molecule has 2 aliphatic carbocycles. The number of aromatic nitrogens is 4. The van der Waals surface area contributed by atoms with Crippen molar-refractivity contribution in [2.75, 3.05) is 12.8 Å². The van der Waals surface area contributed by atoms with Gasteiger partial charge in [0.2, 0.25) is 0 Å². The highest BCUT2D eigenvalue weighted by molar-refractivity contribution is 7.99. The average Bonchev–Trinajstić information content (AvgIpc) is 3.03. The molecule has 1 atom stereocenters. The minimum Gasteiger partial charge on any atom is -0.312 e. The molecule has 2 heterocycles. The SMILES string of the molecule is CSC1CCC(c2nnn(CC3NCCCC34CCCCCC4)n2)CC1. The largest absolute Gasteiger partial charge is 0.312 e. The number of rotatable bonds is 4. The molecule has 2 saturated carbocycles. The van der Waals surface area contributed by atoms with Crippen LogP contribution in [0.5, 0.6) is 0 Å². The fourth-order valence-corrected chi connectivity index (χ4v) is 6.36. The maximum Gasteiger partial charge on any atom is 0.177 e. The van der Waals surface area contributed by atoms with Crippen molar-refractivity contribution in [3.8, 4) is 0 Å². The van der Waals surface area contributed by atoms with E-state index in [0.29, 0.717) is 17.4 Å². The van der Waals surface area contributed by atoms with Crippen LogP contribution < -0.4 is 5.32 Å². The van der Waals surface area contributed by atoms with E-state index in [9.17, 15) is 0 Å². The van der Waals surface area contributed by atoms with Crippen LogP contribution in [0.1, 0.15) is 88.8 Å². The lowest BCUT2D eigenvalue weighted by Crippen LogP contribution is -2.52. The van der Waals surface area contributed by atoms with Crippen LogP contribution in [0.3, 0.4) is 0 Å². The van der Waals surface area contributed by atoms with E-state index in [0.717, 1.165) is 24.2 Å². The molecule has 3 aliphatic rings. The van der Waals surface area contributed by atoms with Gasteiger partial charge in [0.05, 0.1) is 6.54 Å². The molecular weight excluding hydrogens is 342 g/mol. The molecule has 1 N–H and O–H groups in total. The van der Waals surface area contributed by atoms with Crippen molar-refractivity contribution in [2.24, 2.45) is 5.41 Å². The number of piperidine rings is 1. The minimum atomic E-state index is 0.471. The lowest BCUT2D eigenvalue weighted by Gasteiger charge is -2.44. The van der Waals surface area contributed by atoms with Gasteiger partial charge in [0, 0.05) is 17.2 Å². The zero-order valence-corrected chi connectivity index (χ0v) is 17.1. The first kappa shape index (κ1) is 18.7. The maximum atomic E-state index is 4.83. The Hall–Kier alpha value is -0.620. The Morgan fingerprint density at radius 3 is 2.50 bits per heavy atom. The first-order valence-corrected chi connectivity index (χ1v) is 12.1. The Morgan fingerprint density at radius 2 is 1.77 bits per heavy atom. The topological polar surface area (TPSA) is 55.6 Å². The molecule has 0 aromatic carbocycles. The zero-order chi connectivity index (χ0) is 17.8. The van der Waals surface area contributed by atoms with Crippen LogP contribution in [0.25, 0.3) is 0 Å². The molecule has 1 unspecified atom stereocenters. The molecule has 0 bridgehead atoms. The Kier molecular flexibility index (Phi) is 6.19. The monoisotopic (exact) mass is 377 g/mol. The second-order valence-corrected chi connectivity index (χ2v) is 9.94. The van der Waals surface area contributed by atoms with E-state index in [-0.39, 0.29) is 0 Å². The Balaban J connectivity index is 1.41. The first-order valence-electron chi connectivity index (χ1n) is 10.8. The molecule has 5 nitrogen and oxygen atoms in total. The molecular formula is C20H35N5S. The van der Waals surface area contributed by atoms with Gasteiger partial charge in [-0.05, 0) is 74.8 Å². The Morgan fingerprint density at radius 1 is 1.04 bits per heavy atom. The van der Waals surface area contributed by atoms with Gasteiger partial charge in [-0.3, -0.25) is 0 Å². The van der Waals surface area contributed by atoms with E-state index in [2.05, 4.69) is 21.9 Å². The van der Waals surface area contributed by atoms with Gasteiger partial charge >= 0.3 is 0 Å². The smallest absolute Gasteiger partial charge is 0.177 e. The summed E-state index contributed by atoms with van der Waals surface area (Å²) in [6.07, 6.45) is 18.4. The molecule has 3 fully saturated rings. The van der Waals surface area contributed by atoms with Crippen molar-refractivity contribution in [3.05, 3.63) is 5.82 Å². The third kappa shape index (κ3) is 4.11. The molecule has 6 heteroatoms. The van der Waals surface area contributed by atoms with Crippen LogP contribution >= 0.6 is 11.8 Å². The third-order valence-corrected chi connectivity index (χ3v) is 8.41. The number of nitrogens with one attached hydrogen (secondary N) is 1. The van der Waals surface area contributed by atoms with Crippen LogP contribution in [0.15, 0.2) is 0 Å². The van der Waals surface area contributed by atoms with Crippen molar-refractivity contribution in [2.45, 2.75) is 101 Å². The quantitative estimate of drug-likeness (QED) is 0.854. The molecule has 1 aromatic heterocycles. The highest BCUT2D eigenvalue weighted by Crippen LogP contribution is 2.44. The van der Waals surface area contributed by atoms with Crippen molar-refractivity contribution in [3.63, 3.8) is 0 Å². The van der Waals surface area contributed by atoms with Gasteiger partial charge in [-0.2, -0.15) is 16.6 Å². The normalized spacial score (nSPS) is 32.4. The van der Waals surface area contributed by atoms with Gasteiger partial charge in [0.1, 0.15) is 0 Å². The Bertz CT molecular complexity index is 558. The lowest BCUT2D eigenvalue weighted by atomic mass is 9.69. The number of nitrogens with zero attached hydrogens (tertiary/aromatic N) is 4. The van der Waals surface area contributed by atoms with E-state index in [1.54, 1.807) is 0 Å². The highest BCUT2D eigenvalue weighted by Gasteiger charge is 2.41. The van der Waals surface area contributed by atoms with E-state index < -0.39 is 0 Å². The molecule has 0 radical (unpaired) electrons. The molecule has 1 aliphatic heterocycles. The average molecular weight is 378 g/mol. The summed E-state index contributed by atoms with van der Waals surface area (Å²) < 4.78 is 0. The number of hydrogen-bond donors (Lipinski definition) is 1. The third-order valence-electron chi connectivity index (χ3n) is 7.27. The summed E-state index contributed by atoms with van der Waals surface area (Å²) in [6.45, 7) is 2.04. The number of hydrogen-bond acceptors (Lipinski definition) is 5. The van der Waals surface area contributed by atoms with Gasteiger partial charge in [0.25, 0.3) is 0 Å². The predicted molar refractivity (Wildman–Crippen MR) is 107 cm³/mol.